The van der Waals surface area contributed by atoms with Crippen LogP contribution in [0.1, 0.15) is 0 Å². The molecule has 3 aromatic rings. The molecule has 0 unspecified atom stereocenters. The van der Waals surface area contributed by atoms with Crippen molar-refractivity contribution in [1.82, 2.24) is 20.3 Å². The Labute approximate surface area is 139 Å². The quantitative estimate of drug-likeness (QED) is 0.745. The second kappa shape index (κ2) is 6.91. The minimum absolute atomic E-state index is 0.0104. The van der Waals surface area contributed by atoms with Gasteiger partial charge in [0, 0.05) is 32.1 Å². The molecule has 1 aromatic carbocycles. The lowest BCUT2D eigenvalue weighted by molar-refractivity contribution is -0.122. The van der Waals surface area contributed by atoms with Gasteiger partial charge in [0.1, 0.15) is 11.3 Å². The van der Waals surface area contributed by atoms with E-state index < -0.39 is 0 Å². The fourth-order valence-electron chi connectivity index (χ4n) is 2.24. The van der Waals surface area contributed by atoms with Crippen molar-refractivity contribution in [2.45, 2.75) is 0 Å². The minimum atomic E-state index is -0.174. The monoisotopic (exact) mass is 323 g/mol. The first-order chi connectivity index (χ1) is 11.7. The van der Waals surface area contributed by atoms with Crippen molar-refractivity contribution >= 4 is 22.8 Å². The van der Waals surface area contributed by atoms with E-state index in [1.807, 2.05) is 18.2 Å². The van der Waals surface area contributed by atoms with E-state index in [1.54, 1.807) is 38.6 Å². The van der Waals surface area contributed by atoms with Crippen molar-refractivity contribution in [3.8, 4) is 17.0 Å². The molecule has 0 fully saturated rings. The summed E-state index contributed by atoms with van der Waals surface area (Å²) in [7, 11) is 3.37. The summed E-state index contributed by atoms with van der Waals surface area (Å²) in [5.74, 6) is 1.12. The summed E-state index contributed by atoms with van der Waals surface area (Å²) in [6.07, 6.45) is 3.30. The largest absolute Gasteiger partial charge is 0.484 e. The van der Waals surface area contributed by atoms with Gasteiger partial charge in [-0.1, -0.05) is 0 Å². The molecular formula is C17H17N5O2. The molecule has 24 heavy (non-hydrogen) atoms. The minimum Gasteiger partial charge on any atom is -0.484 e. The molecule has 0 aliphatic rings. The fourth-order valence-corrected chi connectivity index (χ4v) is 2.24. The average molecular weight is 323 g/mol. The molecule has 0 atom stereocenters. The highest BCUT2D eigenvalue weighted by molar-refractivity contribution is 5.88. The van der Waals surface area contributed by atoms with Crippen LogP contribution >= 0.6 is 0 Å². The van der Waals surface area contributed by atoms with Gasteiger partial charge >= 0.3 is 0 Å². The van der Waals surface area contributed by atoms with Crippen molar-refractivity contribution in [3.05, 3.63) is 42.7 Å². The number of hydrogen-bond acceptors (Lipinski definition) is 6. The molecule has 0 radical (unpaired) electrons. The van der Waals surface area contributed by atoms with Crippen molar-refractivity contribution in [2.75, 3.05) is 26.0 Å². The molecular weight excluding hydrogens is 306 g/mol. The van der Waals surface area contributed by atoms with Crippen molar-refractivity contribution in [2.24, 2.45) is 0 Å². The summed E-state index contributed by atoms with van der Waals surface area (Å²) in [6.45, 7) is -0.0104. The van der Waals surface area contributed by atoms with Crippen LogP contribution in [0.2, 0.25) is 0 Å². The Balaban J connectivity index is 1.89. The van der Waals surface area contributed by atoms with E-state index in [0.29, 0.717) is 11.6 Å². The first-order valence-electron chi connectivity index (χ1n) is 7.44. The standard InChI is InChI=1S/C17H17N5O2/c1-18-15(23)10-24-12-5-3-11(4-6-12)13-9-14-16(17(19-2)22-13)21-8-7-20-14/h3-9H,10H2,1-2H3,(H,18,23)(H,19,22). The Morgan fingerprint density at radius 1 is 1.12 bits per heavy atom. The fraction of sp³-hybridized carbons (Fsp3) is 0.176. The third-order valence-electron chi connectivity index (χ3n) is 3.49. The lowest BCUT2D eigenvalue weighted by Crippen LogP contribution is -2.24. The Morgan fingerprint density at radius 2 is 1.88 bits per heavy atom. The number of carbonyl (C=O) groups excluding carboxylic acids is 1. The van der Waals surface area contributed by atoms with Crippen LogP contribution in [0, 0.1) is 0 Å². The molecule has 0 saturated heterocycles. The molecule has 0 bridgehead atoms. The molecule has 0 saturated carbocycles. The second-order valence-corrected chi connectivity index (χ2v) is 5.02. The number of nitrogens with one attached hydrogen (secondary N) is 2. The van der Waals surface area contributed by atoms with E-state index in [0.717, 1.165) is 22.3 Å². The average Bonchev–Trinajstić information content (AvgIpc) is 2.65. The number of rotatable bonds is 5. The van der Waals surface area contributed by atoms with Crippen LogP contribution in [0.3, 0.4) is 0 Å². The van der Waals surface area contributed by atoms with Gasteiger partial charge < -0.3 is 15.4 Å². The van der Waals surface area contributed by atoms with Gasteiger partial charge in [0.2, 0.25) is 0 Å². The number of pyridine rings is 1. The molecule has 3 rings (SSSR count). The van der Waals surface area contributed by atoms with Crippen LogP contribution in [0.4, 0.5) is 5.82 Å². The number of benzene rings is 1. The van der Waals surface area contributed by atoms with Gasteiger partial charge in [0.15, 0.2) is 12.4 Å². The van der Waals surface area contributed by atoms with Gasteiger partial charge in [-0.05, 0) is 30.3 Å². The summed E-state index contributed by atoms with van der Waals surface area (Å²) >= 11 is 0. The van der Waals surface area contributed by atoms with E-state index in [1.165, 1.54) is 0 Å². The molecule has 122 valence electrons. The number of fused-ring (bicyclic) bond motifs is 1. The molecule has 2 aromatic heterocycles. The van der Waals surface area contributed by atoms with Crippen LogP contribution in [0.15, 0.2) is 42.7 Å². The number of aromatic nitrogens is 3. The summed E-state index contributed by atoms with van der Waals surface area (Å²) in [5.41, 5.74) is 3.21. The zero-order valence-corrected chi connectivity index (χ0v) is 13.4. The van der Waals surface area contributed by atoms with E-state index >= 15 is 0 Å². The Bertz CT molecular complexity index is 864. The lowest BCUT2D eigenvalue weighted by atomic mass is 10.1. The van der Waals surface area contributed by atoms with Crippen LogP contribution in [-0.4, -0.2) is 41.6 Å². The zero-order chi connectivity index (χ0) is 16.9. The maximum Gasteiger partial charge on any atom is 0.257 e. The number of carbonyl (C=O) groups is 1. The highest BCUT2D eigenvalue weighted by atomic mass is 16.5. The van der Waals surface area contributed by atoms with Gasteiger partial charge in [0.05, 0.1) is 11.2 Å². The van der Waals surface area contributed by atoms with Gasteiger partial charge in [-0.15, -0.1) is 0 Å². The maximum absolute atomic E-state index is 11.2. The highest BCUT2D eigenvalue weighted by Crippen LogP contribution is 2.26. The molecule has 7 heteroatoms. The molecule has 7 nitrogen and oxygen atoms in total. The summed E-state index contributed by atoms with van der Waals surface area (Å²) < 4.78 is 5.40. The van der Waals surface area contributed by atoms with E-state index in [2.05, 4.69) is 25.6 Å². The lowest BCUT2D eigenvalue weighted by Gasteiger charge is -2.09. The van der Waals surface area contributed by atoms with E-state index in [-0.39, 0.29) is 12.5 Å². The maximum atomic E-state index is 11.2. The van der Waals surface area contributed by atoms with Gasteiger partial charge in [-0.25, -0.2) is 9.97 Å². The summed E-state index contributed by atoms with van der Waals surface area (Å²) in [6, 6.07) is 9.29. The van der Waals surface area contributed by atoms with Crippen LogP contribution in [0.5, 0.6) is 5.75 Å². The van der Waals surface area contributed by atoms with E-state index in [9.17, 15) is 4.79 Å². The predicted octanol–water partition coefficient (Wildman–Crippen LogP) is 1.86. The smallest absolute Gasteiger partial charge is 0.257 e. The van der Waals surface area contributed by atoms with Crippen molar-refractivity contribution in [3.63, 3.8) is 0 Å². The first kappa shape index (κ1) is 15.7. The number of ether oxygens (including phenoxy) is 1. The Kier molecular flexibility index (Phi) is 4.51. The summed E-state index contributed by atoms with van der Waals surface area (Å²) in [5, 5.41) is 5.56. The molecule has 0 aliphatic carbocycles. The van der Waals surface area contributed by atoms with E-state index in [4.69, 9.17) is 4.74 Å². The van der Waals surface area contributed by atoms with Gasteiger partial charge in [0.25, 0.3) is 5.91 Å². The van der Waals surface area contributed by atoms with Crippen molar-refractivity contribution in [1.29, 1.82) is 0 Å². The molecule has 0 spiro atoms. The van der Waals surface area contributed by atoms with Crippen LogP contribution in [-0.2, 0) is 4.79 Å². The Morgan fingerprint density at radius 3 is 2.58 bits per heavy atom. The summed E-state index contributed by atoms with van der Waals surface area (Å²) in [4.78, 5) is 24.4. The zero-order valence-electron chi connectivity index (χ0n) is 13.4. The van der Waals surface area contributed by atoms with Gasteiger partial charge in [-0.2, -0.15) is 0 Å². The second-order valence-electron chi connectivity index (χ2n) is 5.02. The van der Waals surface area contributed by atoms with Gasteiger partial charge in [-0.3, -0.25) is 9.78 Å². The molecule has 2 N–H and O–H groups in total. The predicted molar refractivity (Wildman–Crippen MR) is 91.9 cm³/mol. The normalized spacial score (nSPS) is 10.4. The Hall–Kier alpha value is -3.22. The number of likely N-dealkylation sites (N-methyl/N-ethyl adjacent to an activating group) is 1. The number of hydrogen-bond donors (Lipinski definition) is 2. The van der Waals surface area contributed by atoms with Crippen molar-refractivity contribution < 1.29 is 9.53 Å². The number of nitrogens with zero attached hydrogens (tertiary/aromatic N) is 3. The SMILES string of the molecule is CNC(=O)COc1ccc(-c2cc3nccnc3c(NC)n2)cc1. The first-order valence-corrected chi connectivity index (χ1v) is 7.44. The molecule has 1 amide bonds. The number of amides is 1. The molecule has 0 aliphatic heterocycles. The topological polar surface area (TPSA) is 89.0 Å². The number of anilines is 1. The highest BCUT2D eigenvalue weighted by Gasteiger charge is 2.09. The third-order valence-corrected chi connectivity index (χ3v) is 3.49. The third kappa shape index (κ3) is 3.24. The van der Waals surface area contributed by atoms with Crippen LogP contribution < -0.4 is 15.4 Å². The molecule has 2 heterocycles. The van der Waals surface area contributed by atoms with Crippen LogP contribution in [0.25, 0.3) is 22.3 Å².